The largest absolute Gasteiger partial charge is 0.495 e. The summed E-state index contributed by atoms with van der Waals surface area (Å²) < 4.78 is 11.5. The van der Waals surface area contributed by atoms with Crippen molar-refractivity contribution in [3.63, 3.8) is 0 Å². The van der Waals surface area contributed by atoms with Crippen molar-refractivity contribution in [1.82, 2.24) is 4.98 Å². The van der Waals surface area contributed by atoms with Gasteiger partial charge in [0, 0.05) is 46.1 Å². The number of non-ortho nitro benzene ring substituents is 1. The second-order valence-electron chi connectivity index (χ2n) is 7.30. The van der Waals surface area contributed by atoms with Crippen molar-refractivity contribution < 1.29 is 14.1 Å². The Labute approximate surface area is 197 Å². The smallest absolute Gasteiger partial charge is 0.269 e. The summed E-state index contributed by atoms with van der Waals surface area (Å²) in [7, 11) is 1.58. The van der Waals surface area contributed by atoms with Crippen LogP contribution in [0.4, 0.5) is 11.4 Å². The summed E-state index contributed by atoms with van der Waals surface area (Å²) in [6.45, 7) is 0. The minimum absolute atomic E-state index is 0.0105. The molecule has 34 heavy (non-hydrogen) atoms. The molecule has 0 atom stereocenters. The van der Waals surface area contributed by atoms with Crippen molar-refractivity contribution in [1.29, 1.82) is 5.26 Å². The third-order valence-electron chi connectivity index (χ3n) is 5.30. The van der Waals surface area contributed by atoms with E-state index in [-0.39, 0.29) is 5.69 Å². The van der Waals surface area contributed by atoms with Gasteiger partial charge in [0.15, 0.2) is 0 Å². The molecular weight excluding hydrogens is 452 g/mol. The summed E-state index contributed by atoms with van der Waals surface area (Å²) in [5.74, 6) is 0.610. The number of nitrogens with one attached hydrogen (secondary N) is 1. The summed E-state index contributed by atoms with van der Waals surface area (Å²) in [6, 6.07) is 19.8. The Kier molecular flexibility index (Phi) is 5.41. The number of hydrogen-bond donors (Lipinski definition) is 1. The van der Waals surface area contributed by atoms with E-state index in [4.69, 9.17) is 9.15 Å². The molecule has 0 fully saturated rings. The van der Waals surface area contributed by atoms with Gasteiger partial charge >= 0.3 is 0 Å². The van der Waals surface area contributed by atoms with Crippen LogP contribution in [0.15, 0.2) is 76.7 Å². The molecule has 166 valence electrons. The maximum atomic E-state index is 10.9. The van der Waals surface area contributed by atoms with Gasteiger partial charge in [-0.3, -0.25) is 10.1 Å². The van der Waals surface area contributed by atoms with Gasteiger partial charge in [-0.15, -0.1) is 11.3 Å². The van der Waals surface area contributed by atoms with E-state index in [0.29, 0.717) is 33.3 Å². The number of allylic oxidation sites excluding steroid dienone is 1. The van der Waals surface area contributed by atoms with Crippen LogP contribution in [-0.2, 0) is 0 Å². The minimum Gasteiger partial charge on any atom is -0.495 e. The van der Waals surface area contributed by atoms with Crippen LogP contribution in [0.2, 0.25) is 0 Å². The first-order valence-electron chi connectivity index (χ1n) is 10.1. The van der Waals surface area contributed by atoms with E-state index in [2.05, 4.69) is 16.4 Å². The predicted octanol–water partition coefficient (Wildman–Crippen LogP) is 6.60. The molecule has 1 N–H and O–H groups in total. The highest BCUT2D eigenvalue weighted by Crippen LogP contribution is 2.36. The Hall–Kier alpha value is -4.68. The molecule has 0 unspecified atom stereocenters. The summed E-state index contributed by atoms with van der Waals surface area (Å²) in [6.07, 6.45) is 1.57. The third-order valence-corrected chi connectivity index (χ3v) is 6.18. The number of nitro groups is 1. The minimum atomic E-state index is -0.449. The molecule has 0 spiro atoms. The number of nitrogens with zero attached hydrogens (tertiary/aromatic N) is 3. The molecule has 0 aliphatic heterocycles. The van der Waals surface area contributed by atoms with Gasteiger partial charge in [-0.2, -0.15) is 5.26 Å². The lowest BCUT2D eigenvalue weighted by atomic mass is 10.1. The van der Waals surface area contributed by atoms with Crippen LogP contribution in [0.1, 0.15) is 5.01 Å². The van der Waals surface area contributed by atoms with Crippen LogP contribution in [-0.4, -0.2) is 17.0 Å². The van der Waals surface area contributed by atoms with Gasteiger partial charge in [-0.25, -0.2) is 4.98 Å². The molecule has 0 saturated heterocycles. The molecule has 5 rings (SSSR count). The number of para-hydroxylation sites is 1. The molecule has 2 aromatic heterocycles. The first kappa shape index (κ1) is 21.2. The fourth-order valence-corrected chi connectivity index (χ4v) is 4.40. The Morgan fingerprint density at radius 2 is 1.97 bits per heavy atom. The molecule has 2 heterocycles. The van der Waals surface area contributed by atoms with Crippen molar-refractivity contribution in [3.05, 3.63) is 87.4 Å². The Balaban J connectivity index is 1.44. The average molecular weight is 468 g/mol. The highest BCUT2D eigenvalue weighted by molar-refractivity contribution is 7.11. The quantitative estimate of drug-likeness (QED) is 0.169. The fourth-order valence-electron chi connectivity index (χ4n) is 3.61. The number of rotatable bonds is 6. The van der Waals surface area contributed by atoms with Gasteiger partial charge in [0.2, 0.25) is 0 Å². The summed E-state index contributed by atoms with van der Waals surface area (Å²) in [5, 5.41) is 28.0. The number of thiazole rings is 1. The van der Waals surface area contributed by atoms with E-state index in [1.165, 1.54) is 23.5 Å². The van der Waals surface area contributed by atoms with Gasteiger partial charge in [-0.1, -0.05) is 18.2 Å². The summed E-state index contributed by atoms with van der Waals surface area (Å²) in [4.78, 5) is 14.9. The van der Waals surface area contributed by atoms with E-state index < -0.39 is 4.92 Å². The zero-order chi connectivity index (χ0) is 23.7. The van der Waals surface area contributed by atoms with Crippen LogP contribution in [0.5, 0.6) is 5.75 Å². The molecule has 3 aromatic carbocycles. The molecule has 0 amide bonds. The summed E-state index contributed by atoms with van der Waals surface area (Å²) >= 11 is 1.31. The zero-order valence-corrected chi connectivity index (χ0v) is 18.6. The number of anilines is 1. The molecule has 0 saturated carbocycles. The van der Waals surface area contributed by atoms with Crippen LogP contribution >= 0.6 is 11.3 Å². The second-order valence-corrected chi connectivity index (χ2v) is 8.16. The fraction of sp³-hybridized carbons (Fsp3) is 0.0400. The lowest BCUT2D eigenvalue weighted by Crippen LogP contribution is -1.95. The number of methoxy groups -OCH3 is 1. The van der Waals surface area contributed by atoms with E-state index in [1.54, 1.807) is 25.4 Å². The number of nitro benzene ring substituents is 1. The monoisotopic (exact) mass is 468 g/mol. The van der Waals surface area contributed by atoms with Gasteiger partial charge in [-0.05, 0) is 24.3 Å². The van der Waals surface area contributed by atoms with Crippen molar-refractivity contribution in [2.24, 2.45) is 0 Å². The molecule has 0 aliphatic rings. The van der Waals surface area contributed by atoms with Crippen molar-refractivity contribution in [2.75, 3.05) is 12.4 Å². The molecule has 0 radical (unpaired) electrons. The lowest BCUT2D eigenvalue weighted by Gasteiger charge is -2.08. The number of fused-ring (bicyclic) bond motifs is 3. The van der Waals surface area contributed by atoms with Crippen molar-refractivity contribution in [2.45, 2.75) is 0 Å². The lowest BCUT2D eigenvalue weighted by molar-refractivity contribution is -0.384. The first-order valence-corrected chi connectivity index (χ1v) is 11.0. The average Bonchev–Trinajstić information content (AvgIpc) is 3.49. The molecule has 0 aliphatic carbocycles. The van der Waals surface area contributed by atoms with Crippen LogP contribution in [0, 0.1) is 21.4 Å². The van der Waals surface area contributed by atoms with E-state index >= 15 is 0 Å². The highest BCUT2D eigenvalue weighted by Gasteiger charge is 2.14. The van der Waals surface area contributed by atoms with E-state index in [9.17, 15) is 15.4 Å². The number of nitriles is 1. The van der Waals surface area contributed by atoms with Crippen molar-refractivity contribution in [3.8, 4) is 23.1 Å². The van der Waals surface area contributed by atoms with Gasteiger partial charge < -0.3 is 14.5 Å². The molecule has 5 aromatic rings. The first-order chi connectivity index (χ1) is 16.6. The number of aromatic nitrogens is 1. The zero-order valence-electron chi connectivity index (χ0n) is 17.8. The van der Waals surface area contributed by atoms with Gasteiger partial charge in [0.05, 0.1) is 23.4 Å². The summed E-state index contributed by atoms with van der Waals surface area (Å²) in [5.41, 5.74) is 3.85. The molecular formula is C25H16N4O4S. The SMILES string of the molecule is COc1cc2c(cc1N/C=C(\C#N)c1nc(-c3ccc([N+](=O)[O-])cc3)cs1)oc1ccccc12. The van der Waals surface area contributed by atoms with Crippen LogP contribution < -0.4 is 10.1 Å². The van der Waals surface area contributed by atoms with E-state index in [0.717, 1.165) is 21.9 Å². The number of furan rings is 1. The molecule has 8 nitrogen and oxygen atoms in total. The number of hydrogen-bond acceptors (Lipinski definition) is 8. The topological polar surface area (TPSA) is 114 Å². The second kappa shape index (κ2) is 8.69. The standard InChI is InChI=1S/C25H16N4O4S/c1-32-24-10-19-18-4-2-3-5-22(18)33-23(19)11-20(24)27-13-16(12-26)25-28-21(14-34-25)15-6-8-17(9-7-15)29(30)31/h2-11,13-14,27H,1H3/b16-13+. The normalized spacial score (nSPS) is 11.5. The van der Waals surface area contributed by atoms with E-state index in [1.807, 2.05) is 41.8 Å². The number of benzene rings is 3. The molecule has 9 heteroatoms. The predicted molar refractivity (Wildman–Crippen MR) is 132 cm³/mol. The Morgan fingerprint density at radius 3 is 2.71 bits per heavy atom. The maximum Gasteiger partial charge on any atom is 0.269 e. The van der Waals surface area contributed by atoms with Crippen molar-refractivity contribution >= 4 is 50.2 Å². The Bertz CT molecular complexity index is 1610. The number of ether oxygens (including phenoxy) is 1. The van der Waals surface area contributed by atoms with Crippen LogP contribution in [0.25, 0.3) is 38.8 Å². The van der Waals surface area contributed by atoms with Gasteiger partial charge in [0.1, 0.15) is 33.6 Å². The highest BCUT2D eigenvalue weighted by atomic mass is 32.1. The third kappa shape index (κ3) is 3.83. The van der Waals surface area contributed by atoms with Gasteiger partial charge in [0.25, 0.3) is 5.69 Å². The Morgan fingerprint density at radius 1 is 1.18 bits per heavy atom. The molecule has 0 bridgehead atoms. The maximum absolute atomic E-state index is 10.9. The van der Waals surface area contributed by atoms with Crippen LogP contribution in [0.3, 0.4) is 0 Å².